The predicted molar refractivity (Wildman–Crippen MR) is 93.7 cm³/mol. The minimum atomic E-state index is -0.172. The Morgan fingerprint density at radius 3 is 2.96 bits per heavy atom. The number of aryl methyl sites for hydroxylation is 2. The van der Waals surface area contributed by atoms with Gasteiger partial charge in [0.2, 0.25) is 5.91 Å². The lowest BCUT2D eigenvalue weighted by Crippen LogP contribution is -2.25. The average Bonchev–Trinajstić information content (AvgIpc) is 2.56. The normalized spacial score (nSPS) is 12.8. The number of benzene rings is 2. The summed E-state index contributed by atoms with van der Waals surface area (Å²) < 4.78 is 5.32. The molecule has 3 rings (SSSR count). The lowest BCUT2D eigenvalue weighted by Gasteiger charge is -2.18. The monoisotopic (exact) mass is 344 g/mol. The van der Waals surface area contributed by atoms with E-state index in [1.807, 2.05) is 31.2 Å². The van der Waals surface area contributed by atoms with Gasteiger partial charge in [-0.2, -0.15) is 0 Å². The molecule has 5 nitrogen and oxygen atoms in total. The van der Waals surface area contributed by atoms with Crippen molar-refractivity contribution in [3.63, 3.8) is 0 Å². The molecule has 124 valence electrons. The lowest BCUT2D eigenvalue weighted by atomic mass is 10.1. The zero-order chi connectivity index (χ0) is 17.1. The van der Waals surface area contributed by atoms with Gasteiger partial charge < -0.3 is 15.4 Å². The molecule has 0 unspecified atom stereocenters. The van der Waals surface area contributed by atoms with Crippen LogP contribution >= 0.6 is 11.6 Å². The molecule has 0 atom stereocenters. The third-order valence-electron chi connectivity index (χ3n) is 3.79. The zero-order valence-corrected chi connectivity index (χ0v) is 13.9. The van der Waals surface area contributed by atoms with Crippen LogP contribution in [0.4, 0.5) is 11.4 Å². The summed E-state index contributed by atoms with van der Waals surface area (Å²) in [6.07, 6.45) is 0.897. The Morgan fingerprint density at radius 2 is 2.12 bits per heavy atom. The summed E-state index contributed by atoms with van der Waals surface area (Å²) in [7, 11) is 0. The molecule has 0 aliphatic carbocycles. The second kappa shape index (κ2) is 6.93. The summed E-state index contributed by atoms with van der Waals surface area (Å²) in [6.45, 7) is 1.95. The van der Waals surface area contributed by atoms with Gasteiger partial charge in [-0.3, -0.25) is 9.59 Å². The van der Waals surface area contributed by atoms with Crippen molar-refractivity contribution in [2.45, 2.75) is 19.8 Å². The number of anilines is 2. The highest BCUT2D eigenvalue weighted by Gasteiger charge is 2.16. The highest BCUT2D eigenvalue weighted by molar-refractivity contribution is 6.31. The van der Waals surface area contributed by atoms with E-state index in [2.05, 4.69) is 10.6 Å². The van der Waals surface area contributed by atoms with Crippen molar-refractivity contribution in [1.82, 2.24) is 0 Å². The maximum absolute atomic E-state index is 12.1. The zero-order valence-electron chi connectivity index (χ0n) is 13.2. The number of hydrogen-bond donors (Lipinski definition) is 2. The second-order valence-corrected chi connectivity index (χ2v) is 6.11. The molecule has 2 amide bonds. The van der Waals surface area contributed by atoms with Crippen LogP contribution in [0.2, 0.25) is 5.02 Å². The van der Waals surface area contributed by atoms with Crippen LogP contribution in [0.15, 0.2) is 36.4 Å². The molecule has 1 heterocycles. The third-order valence-corrected chi connectivity index (χ3v) is 4.03. The summed E-state index contributed by atoms with van der Waals surface area (Å²) in [5.74, 6) is 0.393. The van der Waals surface area contributed by atoms with Gasteiger partial charge >= 0.3 is 0 Å². The first-order valence-corrected chi connectivity index (χ1v) is 8.00. The Morgan fingerprint density at radius 1 is 1.29 bits per heavy atom. The topological polar surface area (TPSA) is 67.4 Å². The number of hydrogen-bond acceptors (Lipinski definition) is 3. The van der Waals surface area contributed by atoms with E-state index in [0.29, 0.717) is 29.3 Å². The Kier molecular flexibility index (Phi) is 4.71. The summed E-state index contributed by atoms with van der Waals surface area (Å²) in [5.41, 5.74) is 3.28. The minimum absolute atomic E-state index is 0.0355. The van der Waals surface area contributed by atoms with E-state index in [-0.39, 0.29) is 18.4 Å². The first kappa shape index (κ1) is 16.3. The van der Waals surface area contributed by atoms with Crippen LogP contribution in [0.25, 0.3) is 0 Å². The van der Waals surface area contributed by atoms with E-state index in [0.717, 1.165) is 16.8 Å². The van der Waals surface area contributed by atoms with Gasteiger partial charge in [0.25, 0.3) is 5.91 Å². The van der Waals surface area contributed by atoms with Crippen molar-refractivity contribution in [3.8, 4) is 5.75 Å². The van der Waals surface area contributed by atoms with Crippen LogP contribution in [0.1, 0.15) is 17.5 Å². The molecule has 2 aromatic carbocycles. The standard InChI is InChI=1S/C18H17ClN2O3/c1-11-2-5-13(19)9-14(11)20-17(22)7-4-12-3-6-16-15(8-12)21-18(23)10-24-16/h2-3,5-6,8-9H,4,7,10H2,1H3,(H,20,22)(H,21,23). The number of nitrogens with one attached hydrogen (secondary N) is 2. The van der Waals surface area contributed by atoms with Crippen molar-refractivity contribution in [1.29, 1.82) is 0 Å². The highest BCUT2D eigenvalue weighted by atomic mass is 35.5. The van der Waals surface area contributed by atoms with E-state index in [1.165, 1.54) is 0 Å². The fraction of sp³-hybridized carbons (Fsp3) is 0.222. The first-order chi connectivity index (χ1) is 11.5. The molecule has 24 heavy (non-hydrogen) atoms. The number of rotatable bonds is 4. The second-order valence-electron chi connectivity index (χ2n) is 5.67. The van der Waals surface area contributed by atoms with Crippen LogP contribution in [0.3, 0.4) is 0 Å². The summed E-state index contributed by atoms with van der Waals surface area (Å²) >= 11 is 5.95. The van der Waals surface area contributed by atoms with Crippen molar-refractivity contribution < 1.29 is 14.3 Å². The fourth-order valence-corrected chi connectivity index (χ4v) is 2.66. The number of ether oxygens (including phenoxy) is 1. The molecular formula is C18H17ClN2O3. The van der Waals surface area contributed by atoms with Gasteiger partial charge in [-0.05, 0) is 48.7 Å². The van der Waals surface area contributed by atoms with Crippen LogP contribution in [0, 0.1) is 6.92 Å². The molecule has 0 fully saturated rings. The maximum atomic E-state index is 12.1. The smallest absolute Gasteiger partial charge is 0.262 e. The Bertz CT molecular complexity index is 805. The SMILES string of the molecule is Cc1ccc(Cl)cc1NC(=O)CCc1ccc2c(c1)NC(=O)CO2. The van der Waals surface area contributed by atoms with E-state index < -0.39 is 0 Å². The largest absolute Gasteiger partial charge is 0.482 e. The van der Waals surface area contributed by atoms with E-state index in [9.17, 15) is 9.59 Å². The number of carbonyl (C=O) groups is 2. The van der Waals surface area contributed by atoms with E-state index in [1.54, 1.807) is 12.1 Å². The van der Waals surface area contributed by atoms with E-state index in [4.69, 9.17) is 16.3 Å². The molecule has 6 heteroatoms. The predicted octanol–water partition coefficient (Wildman–Crippen LogP) is 3.55. The van der Waals surface area contributed by atoms with Gasteiger partial charge in [-0.15, -0.1) is 0 Å². The Balaban J connectivity index is 1.61. The van der Waals surface area contributed by atoms with E-state index >= 15 is 0 Å². The number of fused-ring (bicyclic) bond motifs is 1. The van der Waals surface area contributed by atoms with Crippen LogP contribution in [-0.4, -0.2) is 18.4 Å². The van der Waals surface area contributed by atoms with Gasteiger partial charge in [0.15, 0.2) is 6.61 Å². The quantitative estimate of drug-likeness (QED) is 0.891. The number of halogens is 1. The molecule has 0 saturated heterocycles. The third kappa shape index (κ3) is 3.86. The van der Waals surface area contributed by atoms with Gasteiger partial charge in [0, 0.05) is 17.1 Å². The molecule has 0 spiro atoms. The van der Waals surface area contributed by atoms with Gasteiger partial charge in [-0.1, -0.05) is 23.7 Å². The van der Waals surface area contributed by atoms with Crippen LogP contribution in [-0.2, 0) is 16.0 Å². The number of carbonyl (C=O) groups excluding carboxylic acids is 2. The molecule has 0 saturated carbocycles. The van der Waals surface area contributed by atoms with Crippen LogP contribution < -0.4 is 15.4 Å². The van der Waals surface area contributed by atoms with Crippen molar-refractivity contribution in [2.24, 2.45) is 0 Å². The molecule has 0 aromatic heterocycles. The van der Waals surface area contributed by atoms with Gasteiger partial charge in [-0.25, -0.2) is 0 Å². The molecule has 1 aliphatic heterocycles. The molecule has 1 aliphatic rings. The maximum Gasteiger partial charge on any atom is 0.262 e. The summed E-state index contributed by atoms with van der Waals surface area (Å²) in [6, 6.07) is 10.9. The highest BCUT2D eigenvalue weighted by Crippen LogP contribution is 2.29. The van der Waals surface area contributed by atoms with Crippen LogP contribution in [0.5, 0.6) is 5.75 Å². The Hall–Kier alpha value is -2.53. The molecule has 2 N–H and O–H groups in total. The molecule has 0 bridgehead atoms. The lowest BCUT2D eigenvalue weighted by molar-refractivity contribution is -0.118. The first-order valence-electron chi connectivity index (χ1n) is 7.63. The summed E-state index contributed by atoms with van der Waals surface area (Å²) in [4.78, 5) is 23.5. The van der Waals surface area contributed by atoms with Crippen molar-refractivity contribution in [2.75, 3.05) is 17.2 Å². The average molecular weight is 345 g/mol. The Labute approximate surface area is 145 Å². The summed E-state index contributed by atoms with van der Waals surface area (Å²) in [5, 5.41) is 6.22. The van der Waals surface area contributed by atoms with Gasteiger partial charge in [0.05, 0.1) is 5.69 Å². The minimum Gasteiger partial charge on any atom is -0.482 e. The molecule has 2 aromatic rings. The fourth-order valence-electron chi connectivity index (χ4n) is 2.49. The van der Waals surface area contributed by atoms with Crippen molar-refractivity contribution >= 4 is 34.8 Å². The van der Waals surface area contributed by atoms with Crippen molar-refractivity contribution in [3.05, 3.63) is 52.5 Å². The molecular weight excluding hydrogens is 328 g/mol. The van der Waals surface area contributed by atoms with Gasteiger partial charge in [0.1, 0.15) is 5.75 Å². The number of amides is 2. The molecule has 0 radical (unpaired) electrons.